The second-order valence-electron chi connectivity index (χ2n) is 5.23. The van der Waals surface area contributed by atoms with E-state index in [1.165, 1.54) is 0 Å². The summed E-state index contributed by atoms with van der Waals surface area (Å²) in [5.41, 5.74) is 6.15. The predicted molar refractivity (Wildman–Crippen MR) is 87.8 cm³/mol. The van der Waals surface area contributed by atoms with E-state index in [2.05, 4.69) is 18.7 Å². The molecular formula is C14H21N3O2S2. The summed E-state index contributed by atoms with van der Waals surface area (Å²) in [5.74, 6) is 0. The van der Waals surface area contributed by atoms with E-state index >= 15 is 0 Å². The van der Waals surface area contributed by atoms with Crippen molar-refractivity contribution >= 4 is 27.2 Å². The maximum Gasteiger partial charge on any atom is 0.243 e. The maximum absolute atomic E-state index is 12.7. The van der Waals surface area contributed by atoms with Crippen molar-refractivity contribution in [3.63, 3.8) is 0 Å². The molecule has 1 fully saturated rings. The topological polar surface area (TPSA) is 66.6 Å². The molecule has 0 bridgehead atoms. The zero-order valence-corrected chi connectivity index (χ0v) is 14.0. The van der Waals surface area contributed by atoms with Crippen LogP contribution in [0.15, 0.2) is 29.2 Å². The molecule has 0 saturated carbocycles. The van der Waals surface area contributed by atoms with Crippen molar-refractivity contribution < 1.29 is 8.42 Å². The number of rotatable bonds is 4. The number of benzene rings is 1. The van der Waals surface area contributed by atoms with Crippen molar-refractivity contribution in [1.29, 1.82) is 0 Å². The van der Waals surface area contributed by atoms with Crippen LogP contribution >= 0.6 is 12.2 Å². The van der Waals surface area contributed by atoms with E-state index in [0.717, 1.165) is 13.1 Å². The van der Waals surface area contributed by atoms with Gasteiger partial charge in [-0.1, -0.05) is 31.3 Å². The van der Waals surface area contributed by atoms with Crippen molar-refractivity contribution in [3.05, 3.63) is 29.8 Å². The Bertz CT molecular complexity index is 631. The number of piperazine rings is 1. The van der Waals surface area contributed by atoms with Gasteiger partial charge >= 0.3 is 0 Å². The molecular weight excluding hydrogens is 306 g/mol. The molecule has 21 heavy (non-hydrogen) atoms. The molecule has 1 aromatic rings. The van der Waals surface area contributed by atoms with Crippen LogP contribution < -0.4 is 5.73 Å². The molecule has 1 saturated heterocycles. The van der Waals surface area contributed by atoms with Gasteiger partial charge in [0.1, 0.15) is 4.99 Å². The van der Waals surface area contributed by atoms with Crippen LogP contribution in [0.1, 0.15) is 19.4 Å². The molecule has 0 aromatic heterocycles. The van der Waals surface area contributed by atoms with E-state index in [1.807, 2.05) is 0 Å². The molecule has 0 radical (unpaired) electrons. The van der Waals surface area contributed by atoms with Crippen LogP contribution in [-0.2, 0) is 10.0 Å². The zero-order chi connectivity index (χ0) is 15.6. The maximum atomic E-state index is 12.7. The fourth-order valence-corrected chi connectivity index (χ4v) is 4.29. The van der Waals surface area contributed by atoms with E-state index in [4.69, 9.17) is 18.0 Å². The van der Waals surface area contributed by atoms with E-state index in [1.54, 1.807) is 28.6 Å². The Kier molecular flexibility index (Phi) is 4.98. The average molecular weight is 327 g/mol. The Balaban J connectivity index is 2.26. The van der Waals surface area contributed by atoms with Gasteiger partial charge in [0.05, 0.1) is 4.90 Å². The number of hydrogen-bond donors (Lipinski definition) is 1. The number of likely N-dealkylation sites (N-methyl/N-ethyl adjacent to an activating group) is 1. The fourth-order valence-electron chi connectivity index (χ4n) is 2.61. The van der Waals surface area contributed by atoms with Crippen LogP contribution in [0.25, 0.3) is 0 Å². The van der Waals surface area contributed by atoms with Gasteiger partial charge in [-0.25, -0.2) is 8.42 Å². The Morgan fingerprint density at radius 3 is 2.71 bits per heavy atom. The molecule has 5 nitrogen and oxygen atoms in total. The molecule has 1 aliphatic rings. The second-order valence-corrected chi connectivity index (χ2v) is 7.61. The van der Waals surface area contributed by atoms with Crippen molar-refractivity contribution in [1.82, 2.24) is 9.21 Å². The van der Waals surface area contributed by atoms with Gasteiger partial charge in [0.15, 0.2) is 0 Å². The van der Waals surface area contributed by atoms with E-state index in [9.17, 15) is 8.42 Å². The quantitative estimate of drug-likeness (QED) is 0.837. The molecule has 1 aromatic carbocycles. The highest BCUT2D eigenvalue weighted by Crippen LogP contribution is 2.20. The lowest BCUT2D eigenvalue weighted by atomic mass is 10.2. The molecule has 1 atom stereocenters. The SMILES string of the molecule is CCN1CCN(S(=O)(=O)c2cccc(C(N)=S)c2)CC1C. The van der Waals surface area contributed by atoms with Gasteiger partial charge in [0, 0.05) is 31.2 Å². The van der Waals surface area contributed by atoms with Crippen LogP contribution in [-0.4, -0.2) is 54.8 Å². The van der Waals surface area contributed by atoms with Crippen molar-refractivity contribution in [3.8, 4) is 0 Å². The molecule has 2 N–H and O–H groups in total. The molecule has 0 aliphatic carbocycles. The smallest absolute Gasteiger partial charge is 0.243 e. The summed E-state index contributed by atoms with van der Waals surface area (Å²) in [5, 5.41) is 0. The first-order valence-electron chi connectivity index (χ1n) is 7.00. The summed E-state index contributed by atoms with van der Waals surface area (Å²) in [6, 6.07) is 6.76. The highest BCUT2D eigenvalue weighted by Gasteiger charge is 2.31. The van der Waals surface area contributed by atoms with Gasteiger partial charge in [-0.3, -0.25) is 4.90 Å². The lowest BCUT2D eigenvalue weighted by Gasteiger charge is -2.38. The largest absolute Gasteiger partial charge is 0.389 e. The van der Waals surface area contributed by atoms with Gasteiger partial charge < -0.3 is 5.73 Å². The minimum Gasteiger partial charge on any atom is -0.389 e. The Labute approximate surface area is 131 Å². The van der Waals surface area contributed by atoms with Gasteiger partial charge in [0.25, 0.3) is 0 Å². The molecule has 1 heterocycles. The van der Waals surface area contributed by atoms with Crippen LogP contribution in [0.5, 0.6) is 0 Å². The summed E-state index contributed by atoms with van der Waals surface area (Å²) < 4.78 is 27.0. The first-order chi connectivity index (χ1) is 9.86. The number of nitrogens with zero attached hydrogens (tertiary/aromatic N) is 2. The Morgan fingerprint density at radius 1 is 1.43 bits per heavy atom. The first kappa shape index (κ1) is 16.4. The van der Waals surface area contributed by atoms with Gasteiger partial charge in [-0.2, -0.15) is 4.31 Å². The highest BCUT2D eigenvalue weighted by atomic mass is 32.2. The third-order valence-corrected chi connectivity index (χ3v) is 5.99. The van der Waals surface area contributed by atoms with Crippen molar-refractivity contribution in [2.75, 3.05) is 26.2 Å². The summed E-state index contributed by atoms with van der Waals surface area (Å²) in [6.45, 7) is 6.85. The summed E-state index contributed by atoms with van der Waals surface area (Å²) in [7, 11) is -3.49. The molecule has 116 valence electrons. The number of hydrogen-bond acceptors (Lipinski definition) is 4. The minimum absolute atomic E-state index is 0.205. The lowest BCUT2D eigenvalue weighted by Crippen LogP contribution is -2.53. The van der Waals surface area contributed by atoms with Crippen molar-refractivity contribution in [2.24, 2.45) is 5.73 Å². The molecule has 0 spiro atoms. The van der Waals surface area contributed by atoms with Crippen molar-refractivity contribution in [2.45, 2.75) is 24.8 Å². The normalized spacial score (nSPS) is 21.3. The Morgan fingerprint density at radius 2 is 2.14 bits per heavy atom. The lowest BCUT2D eigenvalue weighted by molar-refractivity contribution is 0.135. The van der Waals surface area contributed by atoms with Crippen LogP contribution in [0.2, 0.25) is 0 Å². The molecule has 2 rings (SSSR count). The standard InChI is InChI=1S/C14H21N3O2S2/c1-3-16-7-8-17(10-11(16)2)21(18,19)13-6-4-5-12(9-13)14(15)20/h4-6,9,11H,3,7-8,10H2,1-2H3,(H2,15,20). The number of nitrogens with two attached hydrogens (primary N) is 1. The van der Waals surface area contributed by atoms with Gasteiger partial charge in [-0.05, 0) is 25.6 Å². The molecule has 1 unspecified atom stereocenters. The number of thiocarbonyl (C=S) groups is 1. The summed E-state index contributed by atoms with van der Waals surface area (Å²) in [4.78, 5) is 2.73. The molecule has 1 aliphatic heterocycles. The molecule has 0 amide bonds. The first-order valence-corrected chi connectivity index (χ1v) is 8.85. The van der Waals surface area contributed by atoms with Crippen LogP contribution in [0.3, 0.4) is 0 Å². The number of sulfonamides is 1. The van der Waals surface area contributed by atoms with Gasteiger partial charge in [-0.15, -0.1) is 0 Å². The predicted octanol–water partition coefficient (Wildman–Crippen LogP) is 1.04. The van der Waals surface area contributed by atoms with E-state index < -0.39 is 10.0 Å². The highest BCUT2D eigenvalue weighted by molar-refractivity contribution is 7.89. The Hall–Kier alpha value is -1.02. The average Bonchev–Trinajstić information content (AvgIpc) is 2.47. The fraction of sp³-hybridized carbons (Fsp3) is 0.500. The van der Waals surface area contributed by atoms with Crippen LogP contribution in [0, 0.1) is 0 Å². The van der Waals surface area contributed by atoms with E-state index in [0.29, 0.717) is 18.7 Å². The van der Waals surface area contributed by atoms with Crippen LogP contribution in [0.4, 0.5) is 0 Å². The van der Waals surface area contributed by atoms with Gasteiger partial charge in [0.2, 0.25) is 10.0 Å². The van der Waals surface area contributed by atoms with E-state index in [-0.39, 0.29) is 15.9 Å². The minimum atomic E-state index is -3.49. The summed E-state index contributed by atoms with van der Waals surface area (Å²) >= 11 is 4.91. The molecule has 7 heteroatoms. The second kappa shape index (κ2) is 6.39. The zero-order valence-electron chi connectivity index (χ0n) is 12.3. The third kappa shape index (κ3) is 3.42. The third-order valence-electron chi connectivity index (χ3n) is 3.89. The monoisotopic (exact) mass is 327 g/mol. The summed E-state index contributed by atoms with van der Waals surface area (Å²) in [6.07, 6.45) is 0.